The van der Waals surface area contributed by atoms with Crippen molar-refractivity contribution >= 4 is 0 Å². The van der Waals surface area contributed by atoms with Crippen molar-refractivity contribution in [1.29, 1.82) is 0 Å². The SMILES string of the molecule is CC1(C)CCC(CC2(O)CNC2)C1. The normalized spacial score (nSPS) is 35.8. The highest BCUT2D eigenvalue weighted by Crippen LogP contribution is 2.44. The van der Waals surface area contributed by atoms with E-state index >= 15 is 0 Å². The van der Waals surface area contributed by atoms with Gasteiger partial charge in [0.2, 0.25) is 0 Å². The maximum atomic E-state index is 9.98. The summed E-state index contributed by atoms with van der Waals surface area (Å²) >= 11 is 0. The molecular formula is C11H21NO. The summed E-state index contributed by atoms with van der Waals surface area (Å²) in [6, 6.07) is 0. The average molecular weight is 183 g/mol. The Morgan fingerprint density at radius 2 is 2.08 bits per heavy atom. The Bertz CT molecular complexity index is 196. The van der Waals surface area contributed by atoms with E-state index in [-0.39, 0.29) is 5.60 Å². The first-order chi connectivity index (χ1) is 5.99. The van der Waals surface area contributed by atoms with E-state index in [2.05, 4.69) is 19.2 Å². The van der Waals surface area contributed by atoms with E-state index in [1.54, 1.807) is 0 Å². The molecule has 76 valence electrons. The Kier molecular flexibility index (Phi) is 2.16. The fraction of sp³-hybridized carbons (Fsp3) is 1.00. The van der Waals surface area contributed by atoms with Gasteiger partial charge in [-0.15, -0.1) is 0 Å². The molecule has 0 bridgehead atoms. The lowest BCUT2D eigenvalue weighted by molar-refractivity contribution is -0.0305. The molecule has 1 saturated heterocycles. The molecule has 1 heterocycles. The lowest BCUT2D eigenvalue weighted by Crippen LogP contribution is -2.60. The maximum Gasteiger partial charge on any atom is 0.0897 e. The highest BCUT2D eigenvalue weighted by atomic mass is 16.3. The average Bonchev–Trinajstić information content (AvgIpc) is 2.27. The Balaban J connectivity index is 1.83. The summed E-state index contributed by atoms with van der Waals surface area (Å²) in [5.41, 5.74) is 0.170. The molecular weight excluding hydrogens is 162 g/mol. The van der Waals surface area contributed by atoms with Gasteiger partial charge in [-0.1, -0.05) is 13.8 Å². The molecule has 2 fully saturated rings. The van der Waals surface area contributed by atoms with Crippen molar-refractivity contribution in [3.63, 3.8) is 0 Å². The molecule has 2 nitrogen and oxygen atoms in total. The molecule has 0 radical (unpaired) electrons. The van der Waals surface area contributed by atoms with Gasteiger partial charge in [0.1, 0.15) is 0 Å². The van der Waals surface area contributed by atoms with Gasteiger partial charge in [-0.2, -0.15) is 0 Å². The minimum Gasteiger partial charge on any atom is -0.387 e. The summed E-state index contributed by atoms with van der Waals surface area (Å²) in [6.45, 7) is 6.31. The summed E-state index contributed by atoms with van der Waals surface area (Å²) in [7, 11) is 0. The zero-order chi connectivity index (χ0) is 9.53. The smallest absolute Gasteiger partial charge is 0.0897 e. The highest BCUT2D eigenvalue weighted by molar-refractivity contribution is 4.96. The van der Waals surface area contributed by atoms with Crippen molar-refractivity contribution in [2.24, 2.45) is 11.3 Å². The molecule has 2 rings (SSSR count). The minimum atomic E-state index is -0.356. The van der Waals surface area contributed by atoms with Gasteiger partial charge in [0.05, 0.1) is 5.60 Å². The monoisotopic (exact) mass is 183 g/mol. The molecule has 0 spiro atoms. The van der Waals surface area contributed by atoms with Crippen LogP contribution in [-0.2, 0) is 0 Å². The van der Waals surface area contributed by atoms with Crippen LogP contribution in [-0.4, -0.2) is 23.8 Å². The van der Waals surface area contributed by atoms with Crippen LogP contribution < -0.4 is 5.32 Å². The molecule has 0 aromatic heterocycles. The number of hydrogen-bond acceptors (Lipinski definition) is 2. The first-order valence-electron chi connectivity index (χ1n) is 5.42. The van der Waals surface area contributed by atoms with Gasteiger partial charge in [-0.25, -0.2) is 0 Å². The molecule has 2 aliphatic rings. The van der Waals surface area contributed by atoms with Gasteiger partial charge in [0.25, 0.3) is 0 Å². The standard InChI is InChI=1S/C11H21NO/c1-10(2)4-3-9(5-10)6-11(13)7-12-8-11/h9,12-13H,3-8H2,1-2H3. The van der Waals surface area contributed by atoms with E-state index in [1.807, 2.05) is 0 Å². The molecule has 1 aliphatic carbocycles. The van der Waals surface area contributed by atoms with Gasteiger partial charge in [0, 0.05) is 13.1 Å². The summed E-state index contributed by atoms with van der Waals surface area (Å²) < 4.78 is 0. The Morgan fingerprint density at radius 3 is 2.46 bits per heavy atom. The second-order valence-electron chi connectivity index (χ2n) is 5.81. The van der Waals surface area contributed by atoms with Crippen LogP contribution >= 0.6 is 0 Å². The quantitative estimate of drug-likeness (QED) is 0.680. The summed E-state index contributed by atoms with van der Waals surface area (Å²) in [6.07, 6.45) is 4.97. The molecule has 0 amide bonds. The highest BCUT2D eigenvalue weighted by Gasteiger charge is 2.40. The Labute approximate surface area is 80.7 Å². The summed E-state index contributed by atoms with van der Waals surface area (Å²) in [5, 5.41) is 13.1. The molecule has 1 saturated carbocycles. The van der Waals surface area contributed by atoms with E-state index in [0.29, 0.717) is 5.41 Å². The molecule has 1 unspecified atom stereocenters. The third-order valence-electron chi connectivity index (χ3n) is 3.65. The third-order valence-corrected chi connectivity index (χ3v) is 3.65. The first kappa shape index (κ1) is 9.47. The van der Waals surface area contributed by atoms with Crippen LogP contribution in [0.2, 0.25) is 0 Å². The predicted molar refractivity (Wildman–Crippen MR) is 53.6 cm³/mol. The number of hydrogen-bond donors (Lipinski definition) is 2. The van der Waals surface area contributed by atoms with Crippen LogP contribution in [0.4, 0.5) is 0 Å². The van der Waals surface area contributed by atoms with Crippen molar-refractivity contribution in [1.82, 2.24) is 5.32 Å². The predicted octanol–water partition coefficient (Wildman–Crippen LogP) is 1.54. The van der Waals surface area contributed by atoms with Crippen LogP contribution in [0.5, 0.6) is 0 Å². The summed E-state index contributed by atoms with van der Waals surface area (Å²) in [4.78, 5) is 0. The zero-order valence-corrected chi connectivity index (χ0v) is 8.77. The van der Waals surface area contributed by atoms with Gasteiger partial charge in [0.15, 0.2) is 0 Å². The van der Waals surface area contributed by atoms with Crippen LogP contribution in [0.25, 0.3) is 0 Å². The molecule has 1 atom stereocenters. The second kappa shape index (κ2) is 2.96. The first-order valence-corrected chi connectivity index (χ1v) is 5.42. The van der Waals surface area contributed by atoms with Crippen LogP contribution in [0, 0.1) is 11.3 Å². The zero-order valence-electron chi connectivity index (χ0n) is 8.77. The Morgan fingerprint density at radius 1 is 1.38 bits per heavy atom. The number of rotatable bonds is 2. The van der Waals surface area contributed by atoms with Crippen molar-refractivity contribution in [3.8, 4) is 0 Å². The van der Waals surface area contributed by atoms with Crippen LogP contribution in [0.15, 0.2) is 0 Å². The second-order valence-corrected chi connectivity index (χ2v) is 5.81. The molecule has 2 N–H and O–H groups in total. The van der Waals surface area contributed by atoms with Gasteiger partial charge < -0.3 is 10.4 Å². The lowest BCUT2D eigenvalue weighted by atomic mass is 9.83. The van der Waals surface area contributed by atoms with Crippen molar-refractivity contribution in [2.45, 2.75) is 45.1 Å². The summed E-state index contributed by atoms with van der Waals surface area (Å²) in [5.74, 6) is 0.766. The number of nitrogens with one attached hydrogen (secondary N) is 1. The minimum absolute atomic E-state index is 0.356. The maximum absolute atomic E-state index is 9.98. The van der Waals surface area contributed by atoms with Crippen molar-refractivity contribution < 1.29 is 5.11 Å². The Hall–Kier alpha value is -0.0800. The topological polar surface area (TPSA) is 32.3 Å². The number of aliphatic hydroxyl groups is 1. The molecule has 2 heteroatoms. The fourth-order valence-electron chi connectivity index (χ4n) is 2.85. The fourth-order valence-corrected chi connectivity index (χ4v) is 2.85. The van der Waals surface area contributed by atoms with E-state index in [1.165, 1.54) is 19.3 Å². The van der Waals surface area contributed by atoms with Crippen molar-refractivity contribution in [3.05, 3.63) is 0 Å². The van der Waals surface area contributed by atoms with Crippen LogP contribution in [0.3, 0.4) is 0 Å². The molecule has 1 aliphatic heterocycles. The van der Waals surface area contributed by atoms with E-state index in [0.717, 1.165) is 25.4 Å². The lowest BCUT2D eigenvalue weighted by Gasteiger charge is -2.39. The largest absolute Gasteiger partial charge is 0.387 e. The van der Waals surface area contributed by atoms with E-state index in [4.69, 9.17) is 0 Å². The van der Waals surface area contributed by atoms with E-state index in [9.17, 15) is 5.11 Å². The van der Waals surface area contributed by atoms with Gasteiger partial charge in [-0.05, 0) is 37.0 Å². The molecule has 0 aromatic rings. The van der Waals surface area contributed by atoms with Gasteiger partial charge in [-0.3, -0.25) is 0 Å². The van der Waals surface area contributed by atoms with E-state index < -0.39 is 0 Å². The van der Waals surface area contributed by atoms with Gasteiger partial charge >= 0.3 is 0 Å². The third kappa shape index (κ3) is 2.05. The number of β-amino-alcohol motifs (C(OH)–C–C–N with tert-alkyl or cyclic N) is 1. The van der Waals surface area contributed by atoms with Crippen molar-refractivity contribution in [2.75, 3.05) is 13.1 Å². The molecule has 13 heavy (non-hydrogen) atoms. The molecule has 0 aromatic carbocycles. The van der Waals surface area contributed by atoms with Crippen LogP contribution in [0.1, 0.15) is 39.5 Å².